The van der Waals surface area contributed by atoms with E-state index in [1.165, 1.54) is 11.6 Å². The van der Waals surface area contributed by atoms with E-state index in [2.05, 4.69) is 11.3 Å². The van der Waals surface area contributed by atoms with Gasteiger partial charge in [-0.1, -0.05) is 6.58 Å². The summed E-state index contributed by atoms with van der Waals surface area (Å²) in [6.45, 7) is 3.20. The molecule has 1 N–H and O–H groups in total. The largest absolute Gasteiger partial charge is 0.461 e. The molecular weight excluding hydrogens is 282 g/mol. The number of rotatable bonds is 7. The van der Waals surface area contributed by atoms with Crippen molar-refractivity contribution in [2.24, 2.45) is 0 Å². The molecule has 5 nitrogen and oxygen atoms in total. The van der Waals surface area contributed by atoms with Crippen LogP contribution in [0.2, 0.25) is 0 Å². The Morgan fingerprint density at radius 2 is 1.94 bits per heavy atom. The lowest BCUT2D eigenvalue weighted by Gasteiger charge is -2.16. The molecule has 0 aliphatic carbocycles. The maximum absolute atomic E-state index is 12.5. The van der Waals surface area contributed by atoms with Crippen LogP contribution in [0, 0.1) is 0 Å². The Bertz CT molecular complexity index is 421. The molecule has 0 atom stereocenters. The van der Waals surface area contributed by atoms with Crippen molar-refractivity contribution < 1.29 is 35.5 Å². The lowest BCUT2D eigenvalue weighted by Crippen LogP contribution is -2.45. The number of esters is 1. The van der Waals surface area contributed by atoms with Gasteiger partial charge in [-0.3, -0.25) is 0 Å². The third-order valence-corrected chi connectivity index (χ3v) is 3.07. The van der Waals surface area contributed by atoms with Crippen LogP contribution in [0.4, 0.5) is 17.6 Å². The first-order chi connectivity index (χ1) is 8.02. The van der Waals surface area contributed by atoms with Crippen LogP contribution in [-0.2, 0) is 19.6 Å². The minimum absolute atomic E-state index is 0.0239. The smallest absolute Gasteiger partial charge is 0.417 e. The van der Waals surface area contributed by atoms with Gasteiger partial charge in [0.15, 0.2) is 0 Å². The predicted octanol–water partition coefficient (Wildman–Crippen LogP) is 0.883. The average Bonchev–Trinajstić information content (AvgIpc) is 2.23. The monoisotopic (exact) mass is 293 g/mol. The van der Waals surface area contributed by atoms with E-state index in [9.17, 15) is 30.8 Å². The quantitative estimate of drug-likeness (QED) is 0.327. The number of hydrogen-bond donors (Lipinski definition) is 1. The molecule has 0 heterocycles. The van der Waals surface area contributed by atoms with Crippen LogP contribution in [0.25, 0.3) is 0 Å². The Hall–Kier alpha value is -1.16. The van der Waals surface area contributed by atoms with Gasteiger partial charge in [0.05, 0.1) is 0 Å². The number of sulfonamides is 1. The minimum atomic E-state index is -5.52. The van der Waals surface area contributed by atoms with Crippen LogP contribution in [0.3, 0.4) is 0 Å². The molecule has 0 bridgehead atoms. The summed E-state index contributed by atoms with van der Waals surface area (Å²) in [4.78, 5) is 10.8. The molecule has 0 spiro atoms. The molecule has 0 radical (unpaired) electrons. The number of nitrogens with one attached hydrogen (secondary N) is 1. The van der Waals surface area contributed by atoms with E-state index < -0.39 is 40.8 Å². The van der Waals surface area contributed by atoms with Crippen molar-refractivity contribution in [2.75, 3.05) is 13.2 Å². The van der Waals surface area contributed by atoms with E-state index in [-0.39, 0.29) is 5.57 Å². The number of alkyl halides is 4. The Kier molecular flexibility index (Phi) is 5.74. The summed E-state index contributed by atoms with van der Waals surface area (Å²) >= 11 is 0. The molecule has 0 fully saturated rings. The topological polar surface area (TPSA) is 72.5 Å². The van der Waals surface area contributed by atoms with Gasteiger partial charge < -0.3 is 4.74 Å². The van der Waals surface area contributed by atoms with E-state index in [1.807, 2.05) is 0 Å². The highest BCUT2D eigenvalue weighted by Gasteiger charge is 2.53. The van der Waals surface area contributed by atoms with Crippen LogP contribution >= 0.6 is 0 Å². The first kappa shape index (κ1) is 16.8. The third-order valence-electron chi connectivity index (χ3n) is 1.59. The van der Waals surface area contributed by atoms with Gasteiger partial charge in [-0.15, -0.1) is 0 Å². The number of carbonyl (C=O) groups is 1. The molecule has 0 aromatic rings. The van der Waals surface area contributed by atoms with Gasteiger partial charge in [0.1, 0.15) is 6.61 Å². The van der Waals surface area contributed by atoms with E-state index in [4.69, 9.17) is 0 Å². The minimum Gasteiger partial charge on any atom is -0.461 e. The molecule has 0 amide bonds. The molecule has 106 valence electrons. The van der Waals surface area contributed by atoms with Crippen molar-refractivity contribution >= 4 is 16.0 Å². The van der Waals surface area contributed by atoms with Gasteiger partial charge in [-0.05, 0) is 6.92 Å². The maximum atomic E-state index is 12.5. The van der Waals surface area contributed by atoms with Crippen molar-refractivity contribution in [3.05, 3.63) is 12.2 Å². The van der Waals surface area contributed by atoms with Gasteiger partial charge in [-0.2, -0.15) is 8.78 Å². The van der Waals surface area contributed by atoms with E-state index in [0.29, 0.717) is 0 Å². The summed E-state index contributed by atoms with van der Waals surface area (Å²) in [5, 5.41) is -5.20. The summed E-state index contributed by atoms with van der Waals surface area (Å²) in [6.07, 6.45) is -4.35. The molecule has 0 rings (SSSR count). The number of carbonyl (C=O) groups excluding carboxylic acids is 1. The summed E-state index contributed by atoms with van der Waals surface area (Å²) in [5.41, 5.74) is 0.0239. The zero-order valence-electron chi connectivity index (χ0n) is 9.25. The Morgan fingerprint density at radius 1 is 1.44 bits per heavy atom. The Morgan fingerprint density at radius 3 is 2.33 bits per heavy atom. The molecule has 0 aromatic carbocycles. The Labute approximate surface area is 101 Å². The normalized spacial score (nSPS) is 12.6. The van der Waals surface area contributed by atoms with E-state index in [1.54, 1.807) is 0 Å². The van der Waals surface area contributed by atoms with E-state index >= 15 is 0 Å². The lowest BCUT2D eigenvalue weighted by molar-refractivity contribution is -0.138. The highest BCUT2D eigenvalue weighted by molar-refractivity contribution is 7.90. The highest BCUT2D eigenvalue weighted by atomic mass is 32.2. The SMILES string of the molecule is C=C(C)C(=O)OCCNS(=O)(=O)C(F)(F)C(F)F. The van der Waals surface area contributed by atoms with Gasteiger partial charge in [-0.25, -0.2) is 26.7 Å². The zero-order valence-corrected chi connectivity index (χ0v) is 10.1. The molecule has 0 saturated heterocycles. The van der Waals surface area contributed by atoms with Crippen molar-refractivity contribution in [2.45, 2.75) is 18.6 Å². The lowest BCUT2D eigenvalue weighted by atomic mass is 10.4. The fourth-order valence-corrected chi connectivity index (χ4v) is 1.44. The van der Waals surface area contributed by atoms with Crippen molar-refractivity contribution in [3.8, 4) is 0 Å². The fourth-order valence-electron chi connectivity index (χ4n) is 0.656. The van der Waals surface area contributed by atoms with Crippen molar-refractivity contribution in [1.29, 1.82) is 0 Å². The molecular formula is C8H11F4NO4S. The van der Waals surface area contributed by atoms with Crippen LogP contribution < -0.4 is 4.72 Å². The van der Waals surface area contributed by atoms with Gasteiger partial charge in [0.25, 0.3) is 10.0 Å². The Balaban J connectivity index is 4.31. The summed E-state index contributed by atoms with van der Waals surface area (Å²) in [5.74, 6) is -0.852. The van der Waals surface area contributed by atoms with Crippen LogP contribution in [-0.4, -0.2) is 39.2 Å². The first-order valence-corrected chi connectivity index (χ1v) is 5.98. The standard InChI is InChI=1S/C8H11F4NO4S/c1-5(2)6(14)17-4-3-13-18(15,16)8(11,12)7(9)10/h7,13H,1,3-4H2,2H3. The van der Waals surface area contributed by atoms with Crippen molar-refractivity contribution in [3.63, 3.8) is 0 Å². The summed E-state index contributed by atoms with van der Waals surface area (Å²) in [7, 11) is -5.52. The van der Waals surface area contributed by atoms with Crippen LogP contribution in [0.1, 0.15) is 6.92 Å². The van der Waals surface area contributed by atoms with Crippen molar-refractivity contribution in [1.82, 2.24) is 4.72 Å². The van der Waals surface area contributed by atoms with Gasteiger partial charge >= 0.3 is 17.6 Å². The molecule has 0 aliphatic heterocycles. The molecule has 0 unspecified atom stereocenters. The number of ether oxygens (including phenoxy) is 1. The van der Waals surface area contributed by atoms with E-state index in [0.717, 1.165) is 0 Å². The van der Waals surface area contributed by atoms with Gasteiger partial charge in [0.2, 0.25) is 0 Å². The average molecular weight is 293 g/mol. The predicted molar refractivity (Wildman–Crippen MR) is 53.6 cm³/mol. The summed E-state index contributed by atoms with van der Waals surface area (Å²) in [6, 6.07) is 0. The third kappa shape index (κ3) is 4.26. The summed E-state index contributed by atoms with van der Waals surface area (Å²) < 4.78 is 75.7. The highest BCUT2D eigenvalue weighted by Crippen LogP contribution is 2.28. The van der Waals surface area contributed by atoms with Crippen LogP contribution in [0.15, 0.2) is 12.2 Å². The zero-order chi connectivity index (χ0) is 14.6. The molecule has 10 heteroatoms. The second-order valence-corrected chi connectivity index (χ2v) is 5.02. The fraction of sp³-hybridized carbons (Fsp3) is 0.625. The first-order valence-electron chi connectivity index (χ1n) is 4.50. The van der Waals surface area contributed by atoms with Crippen LogP contribution in [0.5, 0.6) is 0 Å². The molecule has 18 heavy (non-hydrogen) atoms. The molecule has 0 saturated carbocycles. The molecule has 0 aromatic heterocycles. The maximum Gasteiger partial charge on any atom is 0.417 e. The second kappa shape index (κ2) is 6.14. The second-order valence-electron chi connectivity index (χ2n) is 3.18. The number of halogens is 4. The number of hydrogen-bond acceptors (Lipinski definition) is 4. The van der Waals surface area contributed by atoms with Gasteiger partial charge in [0, 0.05) is 12.1 Å². The molecule has 0 aliphatic rings.